The first kappa shape index (κ1) is 17.3. The van der Waals surface area contributed by atoms with Crippen LogP contribution in [0.3, 0.4) is 0 Å². The van der Waals surface area contributed by atoms with Crippen LogP contribution in [0.4, 0.5) is 0 Å². The maximum atomic E-state index is 10.3. The molecule has 3 rings (SSSR count). The van der Waals surface area contributed by atoms with E-state index in [1.165, 1.54) is 23.5 Å². The molecule has 2 aromatic carbocycles. The van der Waals surface area contributed by atoms with Crippen molar-refractivity contribution in [1.29, 1.82) is 0 Å². The number of rotatable bonds is 4. The normalized spacial score (nSPS) is 22.3. The molecule has 1 N–H and O–H groups in total. The number of aliphatic hydroxyl groups is 1. The molecule has 0 unspecified atom stereocenters. The Bertz CT molecular complexity index is 521. The third-order valence-electron chi connectivity index (χ3n) is 4.63. The van der Waals surface area contributed by atoms with Gasteiger partial charge in [0.2, 0.25) is 0 Å². The highest BCUT2D eigenvalue weighted by atomic mass is 31.1. The van der Waals surface area contributed by atoms with Crippen LogP contribution in [0.2, 0.25) is 0 Å². The second-order valence-corrected chi connectivity index (χ2v) is 8.53. The Morgan fingerprint density at radius 2 is 1.41 bits per heavy atom. The van der Waals surface area contributed by atoms with Crippen molar-refractivity contribution in [1.82, 2.24) is 0 Å². The van der Waals surface area contributed by atoms with Crippen LogP contribution in [0.25, 0.3) is 0 Å². The van der Waals surface area contributed by atoms with E-state index >= 15 is 0 Å². The van der Waals surface area contributed by atoms with Crippen LogP contribution in [-0.2, 0) is 0 Å². The molecular formula is C19H26BOP. The van der Waals surface area contributed by atoms with Crippen LogP contribution in [-0.4, -0.2) is 25.3 Å². The summed E-state index contributed by atoms with van der Waals surface area (Å²) in [7, 11) is -0.410. The molecule has 0 aliphatic heterocycles. The molecule has 1 nitrogen and oxygen atoms in total. The van der Waals surface area contributed by atoms with Crippen LogP contribution in [0.1, 0.15) is 26.2 Å². The van der Waals surface area contributed by atoms with Gasteiger partial charge in [0.1, 0.15) is 0 Å². The van der Waals surface area contributed by atoms with Crippen LogP contribution in [0.5, 0.6) is 0 Å². The number of benzene rings is 2. The van der Waals surface area contributed by atoms with E-state index in [9.17, 15) is 5.11 Å². The predicted molar refractivity (Wildman–Crippen MR) is 102 cm³/mol. The fourth-order valence-corrected chi connectivity index (χ4v) is 6.48. The Morgan fingerprint density at radius 3 is 1.82 bits per heavy atom. The van der Waals surface area contributed by atoms with Crippen molar-refractivity contribution in [3.05, 3.63) is 60.7 Å². The minimum Gasteiger partial charge on any atom is -0.393 e. The van der Waals surface area contributed by atoms with Gasteiger partial charge in [0.15, 0.2) is 0 Å². The van der Waals surface area contributed by atoms with Crippen LogP contribution in [0, 0.1) is 5.92 Å². The highest BCUT2D eigenvalue weighted by Gasteiger charge is 2.35. The summed E-state index contributed by atoms with van der Waals surface area (Å²) in [4.78, 5) is 0. The van der Waals surface area contributed by atoms with Gasteiger partial charge >= 0.3 is 0 Å². The van der Waals surface area contributed by atoms with Crippen molar-refractivity contribution < 1.29 is 5.11 Å². The maximum Gasteiger partial charge on any atom is 0.0814 e. The minimum absolute atomic E-state index is 0. The molecule has 0 saturated heterocycles. The highest BCUT2D eigenvalue weighted by Crippen LogP contribution is 2.47. The average Bonchev–Trinajstić information content (AvgIpc) is 2.96. The van der Waals surface area contributed by atoms with Gasteiger partial charge in [0.05, 0.1) is 14.5 Å². The van der Waals surface area contributed by atoms with E-state index in [0.29, 0.717) is 11.6 Å². The second kappa shape index (κ2) is 7.95. The van der Waals surface area contributed by atoms with Crippen molar-refractivity contribution >= 4 is 26.9 Å². The molecule has 116 valence electrons. The summed E-state index contributed by atoms with van der Waals surface area (Å²) in [6.45, 7) is 2.34. The standard InChI is InChI=1S/C19H23OP.BH3/c1-15(18-13-8-14-19(18)20)21(16-9-4-2-5-10-16)17-11-6-3-7-12-17;/h2-7,9-12,15,18-20H,8,13-14H2,1H3;1H3/t15-,18+,19-;/m0./s1. The van der Waals surface area contributed by atoms with Crippen molar-refractivity contribution in [2.75, 3.05) is 0 Å². The topological polar surface area (TPSA) is 20.2 Å². The van der Waals surface area contributed by atoms with Gasteiger partial charge in [-0.3, -0.25) is 0 Å². The van der Waals surface area contributed by atoms with E-state index in [-0.39, 0.29) is 14.5 Å². The third kappa shape index (κ3) is 3.62. The Labute approximate surface area is 137 Å². The second-order valence-electron chi connectivity index (χ2n) is 5.94. The lowest BCUT2D eigenvalue weighted by Crippen LogP contribution is -2.30. The summed E-state index contributed by atoms with van der Waals surface area (Å²) >= 11 is 0. The first-order valence-electron chi connectivity index (χ1n) is 7.85. The molecule has 0 radical (unpaired) electrons. The summed E-state index contributed by atoms with van der Waals surface area (Å²) in [5.74, 6) is 0.441. The Morgan fingerprint density at radius 1 is 0.909 bits per heavy atom. The van der Waals surface area contributed by atoms with Crippen molar-refractivity contribution in [3.63, 3.8) is 0 Å². The summed E-state index contributed by atoms with van der Waals surface area (Å²) in [6.07, 6.45) is 3.20. The third-order valence-corrected chi connectivity index (χ3v) is 7.53. The maximum absolute atomic E-state index is 10.3. The zero-order chi connectivity index (χ0) is 14.7. The smallest absolute Gasteiger partial charge is 0.0814 e. The lowest BCUT2D eigenvalue weighted by atomic mass is 10.0. The van der Waals surface area contributed by atoms with Crippen LogP contribution in [0.15, 0.2) is 60.7 Å². The molecule has 22 heavy (non-hydrogen) atoms. The van der Waals surface area contributed by atoms with Crippen LogP contribution >= 0.6 is 7.92 Å². The molecule has 3 atom stereocenters. The molecular weight excluding hydrogens is 286 g/mol. The molecule has 1 aliphatic rings. The number of hydrogen-bond donors (Lipinski definition) is 1. The van der Waals surface area contributed by atoms with Gasteiger partial charge in [-0.1, -0.05) is 74.0 Å². The molecule has 0 bridgehead atoms. The molecule has 0 aromatic heterocycles. The molecule has 3 heteroatoms. The fourth-order valence-electron chi connectivity index (χ4n) is 3.52. The lowest BCUT2D eigenvalue weighted by molar-refractivity contribution is 0.133. The zero-order valence-corrected chi connectivity index (χ0v) is 13.4. The SMILES string of the molecule is B.C[C@@H]([C@H]1CCC[C@@H]1O)P(c1ccccc1)c1ccccc1. The van der Waals surface area contributed by atoms with Gasteiger partial charge in [0.25, 0.3) is 0 Å². The molecule has 0 spiro atoms. The first-order valence-corrected chi connectivity index (χ1v) is 9.26. The van der Waals surface area contributed by atoms with Gasteiger partial charge in [-0.25, -0.2) is 0 Å². The quantitative estimate of drug-likeness (QED) is 0.679. The average molecular weight is 312 g/mol. The number of aliphatic hydroxyl groups excluding tert-OH is 1. The Hall–Kier alpha value is -1.11. The number of hydrogen-bond acceptors (Lipinski definition) is 1. The fraction of sp³-hybridized carbons (Fsp3) is 0.368. The van der Waals surface area contributed by atoms with Crippen LogP contribution < -0.4 is 10.6 Å². The predicted octanol–water partition coefficient (Wildman–Crippen LogP) is 2.48. The molecule has 0 amide bonds. The summed E-state index contributed by atoms with van der Waals surface area (Å²) in [6, 6.07) is 21.7. The molecule has 1 saturated carbocycles. The van der Waals surface area contributed by atoms with E-state index in [1.807, 2.05) is 0 Å². The van der Waals surface area contributed by atoms with E-state index in [2.05, 4.69) is 67.6 Å². The minimum atomic E-state index is -0.410. The van der Waals surface area contributed by atoms with E-state index < -0.39 is 7.92 Å². The van der Waals surface area contributed by atoms with Gasteiger partial charge in [-0.2, -0.15) is 0 Å². The zero-order valence-electron chi connectivity index (χ0n) is 12.5. The first-order chi connectivity index (χ1) is 10.3. The largest absolute Gasteiger partial charge is 0.393 e. The summed E-state index contributed by atoms with van der Waals surface area (Å²) < 4.78 is 0. The van der Waals surface area contributed by atoms with Crippen molar-refractivity contribution in [3.8, 4) is 0 Å². The van der Waals surface area contributed by atoms with E-state index in [0.717, 1.165) is 6.42 Å². The van der Waals surface area contributed by atoms with Gasteiger partial charge in [0, 0.05) is 0 Å². The summed E-state index contributed by atoms with van der Waals surface area (Å²) in [5.41, 5.74) is 0.516. The molecule has 1 aliphatic carbocycles. The summed E-state index contributed by atoms with van der Waals surface area (Å²) in [5, 5.41) is 13.2. The van der Waals surface area contributed by atoms with Crippen molar-refractivity contribution in [2.45, 2.75) is 37.9 Å². The lowest BCUT2D eigenvalue weighted by Gasteiger charge is -2.31. The monoisotopic (exact) mass is 312 g/mol. The molecule has 2 aromatic rings. The Kier molecular flexibility index (Phi) is 6.23. The van der Waals surface area contributed by atoms with Gasteiger partial charge in [-0.15, -0.1) is 0 Å². The van der Waals surface area contributed by atoms with Crippen molar-refractivity contribution in [2.24, 2.45) is 5.92 Å². The highest BCUT2D eigenvalue weighted by molar-refractivity contribution is 7.73. The Balaban J connectivity index is 0.00000176. The van der Waals surface area contributed by atoms with E-state index in [4.69, 9.17) is 0 Å². The van der Waals surface area contributed by atoms with Gasteiger partial charge < -0.3 is 5.11 Å². The van der Waals surface area contributed by atoms with Gasteiger partial charge in [-0.05, 0) is 42.9 Å². The molecule has 0 heterocycles. The van der Waals surface area contributed by atoms with E-state index in [1.54, 1.807) is 0 Å². The molecule has 1 fully saturated rings.